The third-order valence-corrected chi connectivity index (χ3v) is 5.53. The van der Waals surface area contributed by atoms with E-state index >= 15 is 0 Å². The Morgan fingerprint density at radius 3 is 2.30 bits per heavy atom. The Bertz CT molecular complexity index is 877. The molecule has 0 radical (unpaired) electrons. The Hall–Kier alpha value is -3.26. The highest BCUT2D eigenvalue weighted by molar-refractivity contribution is 7.98. The summed E-state index contributed by atoms with van der Waals surface area (Å²) in [7, 11) is 0. The summed E-state index contributed by atoms with van der Waals surface area (Å²) >= 11 is 1.72. The summed E-state index contributed by atoms with van der Waals surface area (Å²) in [5.74, 6) is 0.785. The van der Waals surface area contributed by atoms with Gasteiger partial charge in [-0.05, 0) is 17.5 Å². The summed E-state index contributed by atoms with van der Waals surface area (Å²) in [6.07, 6.45) is 1.26. The Morgan fingerprint density at radius 2 is 1.64 bits per heavy atom. The van der Waals surface area contributed by atoms with Crippen LogP contribution in [0.1, 0.15) is 24.0 Å². The number of alkyl carbamates (subject to hydrolysis) is 1. The molecule has 0 aliphatic carbocycles. The zero-order valence-electron chi connectivity index (χ0n) is 18.5. The average molecular weight is 471 g/mol. The number of esters is 1. The lowest BCUT2D eigenvalue weighted by molar-refractivity contribution is -0.148. The summed E-state index contributed by atoms with van der Waals surface area (Å²) in [6.45, 7) is 3.99. The molecule has 0 aromatic heterocycles. The Morgan fingerprint density at radius 1 is 0.970 bits per heavy atom. The first kappa shape index (κ1) is 26.0. The van der Waals surface area contributed by atoms with Crippen LogP contribution in [-0.2, 0) is 31.4 Å². The van der Waals surface area contributed by atoms with Gasteiger partial charge in [0.25, 0.3) is 5.91 Å². The first-order valence-electron chi connectivity index (χ1n) is 10.7. The van der Waals surface area contributed by atoms with Crippen LogP contribution in [-0.4, -0.2) is 42.9 Å². The smallest absolute Gasteiger partial charge is 0.407 e. The van der Waals surface area contributed by atoms with Crippen LogP contribution in [0.2, 0.25) is 0 Å². The van der Waals surface area contributed by atoms with E-state index in [4.69, 9.17) is 9.47 Å². The number of amides is 2. The summed E-state index contributed by atoms with van der Waals surface area (Å²) in [6, 6.07) is 19.0. The van der Waals surface area contributed by atoms with Crippen molar-refractivity contribution in [2.24, 2.45) is 0 Å². The second kappa shape index (κ2) is 15.5. The average Bonchev–Trinajstić information content (AvgIpc) is 2.85. The van der Waals surface area contributed by atoms with Crippen molar-refractivity contribution in [2.45, 2.75) is 31.2 Å². The first-order valence-corrected chi connectivity index (χ1v) is 11.9. The molecule has 7 nitrogen and oxygen atoms in total. The van der Waals surface area contributed by atoms with Crippen LogP contribution in [0.5, 0.6) is 0 Å². The third kappa shape index (κ3) is 11.8. The van der Waals surface area contributed by atoms with Gasteiger partial charge in [0, 0.05) is 24.5 Å². The van der Waals surface area contributed by atoms with Crippen LogP contribution in [0, 0.1) is 0 Å². The number of ether oxygens (including phenoxy) is 2. The summed E-state index contributed by atoms with van der Waals surface area (Å²) in [5, 5.41) is 5.37. The zero-order chi connectivity index (χ0) is 23.7. The number of carbonyl (C=O) groups excluding carboxylic acids is 3. The number of hydrogen-bond acceptors (Lipinski definition) is 6. The van der Waals surface area contributed by atoms with Crippen molar-refractivity contribution in [3.8, 4) is 0 Å². The molecule has 0 aliphatic rings. The molecule has 0 bridgehead atoms. The monoisotopic (exact) mass is 470 g/mol. The molecular weight excluding hydrogens is 440 g/mol. The van der Waals surface area contributed by atoms with E-state index in [1.165, 1.54) is 11.6 Å². The van der Waals surface area contributed by atoms with Crippen LogP contribution in [0.4, 0.5) is 4.79 Å². The summed E-state index contributed by atoms with van der Waals surface area (Å²) < 4.78 is 10.2. The number of benzene rings is 2. The minimum atomic E-state index is -0.596. The molecule has 33 heavy (non-hydrogen) atoms. The molecule has 0 fully saturated rings. The van der Waals surface area contributed by atoms with Crippen molar-refractivity contribution in [3.63, 3.8) is 0 Å². The second-order valence-electron chi connectivity index (χ2n) is 7.14. The molecule has 0 aliphatic heterocycles. The maximum absolute atomic E-state index is 11.9. The summed E-state index contributed by atoms with van der Waals surface area (Å²) in [5.41, 5.74) is 2.11. The quantitative estimate of drug-likeness (QED) is 0.248. The van der Waals surface area contributed by atoms with Crippen LogP contribution >= 0.6 is 11.8 Å². The van der Waals surface area contributed by atoms with Gasteiger partial charge in [0.05, 0.1) is 6.04 Å². The van der Waals surface area contributed by atoms with Crippen molar-refractivity contribution in [1.82, 2.24) is 10.6 Å². The third-order valence-electron chi connectivity index (χ3n) is 4.50. The molecule has 0 heterocycles. The lowest BCUT2D eigenvalue weighted by atomic mass is 10.1. The molecule has 1 atom stereocenters. The van der Waals surface area contributed by atoms with E-state index in [2.05, 4.69) is 29.3 Å². The number of nitrogens with one attached hydrogen (secondary N) is 2. The Balaban J connectivity index is 1.52. The Kier molecular flexibility index (Phi) is 12.2. The summed E-state index contributed by atoms with van der Waals surface area (Å²) in [4.78, 5) is 35.7. The fraction of sp³-hybridized carbons (Fsp3) is 0.320. The van der Waals surface area contributed by atoms with E-state index in [1.54, 1.807) is 11.8 Å². The molecule has 0 saturated heterocycles. The predicted octanol–water partition coefficient (Wildman–Crippen LogP) is 3.84. The Labute approximate surface area is 198 Å². The fourth-order valence-electron chi connectivity index (χ4n) is 2.73. The van der Waals surface area contributed by atoms with E-state index in [-0.39, 0.29) is 25.5 Å². The van der Waals surface area contributed by atoms with Gasteiger partial charge < -0.3 is 20.1 Å². The molecule has 8 heteroatoms. The SMILES string of the molecule is C=CC(CCC(=O)OCC(=O)NCCSCc1ccccc1)NC(=O)OCc1ccccc1. The van der Waals surface area contributed by atoms with Gasteiger partial charge in [-0.3, -0.25) is 9.59 Å². The largest absolute Gasteiger partial charge is 0.456 e. The van der Waals surface area contributed by atoms with Crippen molar-refractivity contribution in [2.75, 3.05) is 18.9 Å². The molecule has 2 aromatic carbocycles. The number of carbonyl (C=O) groups is 3. The van der Waals surface area contributed by atoms with E-state index < -0.39 is 18.1 Å². The van der Waals surface area contributed by atoms with Crippen molar-refractivity contribution >= 4 is 29.7 Å². The molecule has 2 aromatic rings. The van der Waals surface area contributed by atoms with Crippen LogP contribution in [0.15, 0.2) is 73.3 Å². The molecule has 0 spiro atoms. The van der Waals surface area contributed by atoms with Crippen molar-refractivity contribution < 1.29 is 23.9 Å². The minimum Gasteiger partial charge on any atom is -0.456 e. The van der Waals surface area contributed by atoms with E-state index in [0.29, 0.717) is 13.0 Å². The fourth-order valence-corrected chi connectivity index (χ4v) is 3.55. The number of rotatable bonds is 14. The molecule has 1 unspecified atom stereocenters. The van der Waals surface area contributed by atoms with Gasteiger partial charge in [0.15, 0.2) is 6.61 Å². The molecule has 2 amide bonds. The first-order chi connectivity index (χ1) is 16.1. The van der Waals surface area contributed by atoms with Gasteiger partial charge in [0.1, 0.15) is 6.61 Å². The highest BCUT2D eigenvalue weighted by Gasteiger charge is 2.14. The van der Waals surface area contributed by atoms with Gasteiger partial charge in [0.2, 0.25) is 0 Å². The lowest BCUT2D eigenvalue weighted by Gasteiger charge is -2.14. The van der Waals surface area contributed by atoms with Gasteiger partial charge in [-0.2, -0.15) is 11.8 Å². The molecule has 176 valence electrons. The maximum Gasteiger partial charge on any atom is 0.407 e. The van der Waals surface area contributed by atoms with Gasteiger partial charge >= 0.3 is 12.1 Å². The van der Waals surface area contributed by atoms with Gasteiger partial charge in [-0.25, -0.2) is 4.79 Å². The van der Waals surface area contributed by atoms with Gasteiger partial charge in [-0.15, -0.1) is 6.58 Å². The normalized spacial score (nSPS) is 11.2. The van der Waals surface area contributed by atoms with Crippen molar-refractivity contribution in [3.05, 3.63) is 84.4 Å². The van der Waals surface area contributed by atoms with Crippen molar-refractivity contribution in [1.29, 1.82) is 0 Å². The minimum absolute atomic E-state index is 0.0376. The van der Waals surface area contributed by atoms with E-state index in [9.17, 15) is 14.4 Å². The van der Waals surface area contributed by atoms with Crippen LogP contribution < -0.4 is 10.6 Å². The van der Waals surface area contributed by atoms with Crippen LogP contribution in [0.3, 0.4) is 0 Å². The predicted molar refractivity (Wildman–Crippen MR) is 130 cm³/mol. The number of hydrogen-bond donors (Lipinski definition) is 2. The standard InChI is InChI=1S/C25H30N2O5S/c1-2-22(27-25(30)32-17-20-9-5-3-6-10-20)13-14-24(29)31-18-23(28)26-15-16-33-19-21-11-7-4-8-12-21/h2-12,22H,1,13-19H2,(H,26,28)(H,27,30). The lowest BCUT2D eigenvalue weighted by Crippen LogP contribution is -2.34. The van der Waals surface area contributed by atoms with Crippen LogP contribution in [0.25, 0.3) is 0 Å². The highest BCUT2D eigenvalue weighted by Crippen LogP contribution is 2.10. The number of thioether (sulfide) groups is 1. The molecular formula is C25H30N2O5S. The van der Waals surface area contributed by atoms with E-state index in [0.717, 1.165) is 17.1 Å². The second-order valence-corrected chi connectivity index (χ2v) is 8.24. The highest BCUT2D eigenvalue weighted by atomic mass is 32.2. The van der Waals surface area contributed by atoms with E-state index in [1.807, 2.05) is 48.5 Å². The molecule has 2 N–H and O–H groups in total. The van der Waals surface area contributed by atoms with Gasteiger partial charge in [-0.1, -0.05) is 66.7 Å². The maximum atomic E-state index is 11.9. The zero-order valence-corrected chi connectivity index (χ0v) is 19.4. The molecule has 2 rings (SSSR count). The topological polar surface area (TPSA) is 93.7 Å². The molecule has 0 saturated carbocycles.